The van der Waals surface area contributed by atoms with E-state index in [-0.39, 0.29) is 6.03 Å². The molecular weight excluding hydrogens is 192 g/mol. The molecule has 2 saturated heterocycles. The zero-order valence-corrected chi connectivity index (χ0v) is 9.45. The average molecular weight is 212 g/mol. The SMILES string of the molecule is C[C@@H]1CCCCN1C(=O)N1CCOCC1. The molecule has 4 heteroatoms. The molecule has 0 radical (unpaired) electrons. The summed E-state index contributed by atoms with van der Waals surface area (Å²) in [5, 5.41) is 0. The van der Waals surface area contributed by atoms with E-state index in [0.717, 1.165) is 32.5 Å². The third kappa shape index (κ3) is 2.43. The van der Waals surface area contributed by atoms with Crippen LogP contribution >= 0.6 is 0 Å². The largest absolute Gasteiger partial charge is 0.378 e. The lowest BCUT2D eigenvalue weighted by molar-refractivity contribution is 0.0368. The van der Waals surface area contributed by atoms with Crippen LogP contribution in [0.25, 0.3) is 0 Å². The van der Waals surface area contributed by atoms with Gasteiger partial charge in [0.1, 0.15) is 0 Å². The van der Waals surface area contributed by atoms with Crippen molar-refractivity contribution in [3.63, 3.8) is 0 Å². The van der Waals surface area contributed by atoms with Crippen molar-refractivity contribution in [2.75, 3.05) is 32.8 Å². The summed E-state index contributed by atoms with van der Waals surface area (Å²) in [6.07, 6.45) is 3.56. The molecule has 0 unspecified atom stereocenters. The Morgan fingerprint density at radius 2 is 1.93 bits per heavy atom. The Morgan fingerprint density at radius 1 is 1.20 bits per heavy atom. The highest BCUT2D eigenvalue weighted by Gasteiger charge is 2.27. The molecule has 0 saturated carbocycles. The average Bonchev–Trinajstić information content (AvgIpc) is 2.30. The van der Waals surface area contributed by atoms with Crippen molar-refractivity contribution < 1.29 is 9.53 Å². The number of hydrogen-bond donors (Lipinski definition) is 0. The fourth-order valence-corrected chi connectivity index (χ4v) is 2.32. The van der Waals surface area contributed by atoms with E-state index in [2.05, 4.69) is 6.92 Å². The van der Waals surface area contributed by atoms with Gasteiger partial charge in [-0.15, -0.1) is 0 Å². The molecule has 0 aromatic heterocycles. The lowest BCUT2D eigenvalue weighted by Crippen LogP contribution is -2.52. The fraction of sp³-hybridized carbons (Fsp3) is 0.909. The summed E-state index contributed by atoms with van der Waals surface area (Å²) >= 11 is 0. The number of piperidine rings is 1. The number of carbonyl (C=O) groups excluding carboxylic acids is 1. The minimum Gasteiger partial charge on any atom is -0.378 e. The summed E-state index contributed by atoms with van der Waals surface area (Å²) in [6.45, 7) is 5.96. The van der Waals surface area contributed by atoms with Gasteiger partial charge in [-0.3, -0.25) is 0 Å². The van der Waals surface area contributed by atoms with Gasteiger partial charge in [-0.2, -0.15) is 0 Å². The molecule has 0 aromatic rings. The molecule has 0 aromatic carbocycles. The third-order valence-corrected chi connectivity index (χ3v) is 3.33. The first-order valence-electron chi connectivity index (χ1n) is 5.92. The first-order valence-corrected chi connectivity index (χ1v) is 5.92. The number of urea groups is 1. The van der Waals surface area contributed by atoms with Crippen LogP contribution in [0.1, 0.15) is 26.2 Å². The van der Waals surface area contributed by atoms with Gasteiger partial charge in [-0.1, -0.05) is 0 Å². The van der Waals surface area contributed by atoms with Crippen molar-refractivity contribution >= 4 is 6.03 Å². The minimum atomic E-state index is 0.213. The van der Waals surface area contributed by atoms with E-state index in [9.17, 15) is 4.79 Å². The molecule has 2 aliphatic rings. The van der Waals surface area contributed by atoms with Crippen LogP contribution in [-0.2, 0) is 4.74 Å². The van der Waals surface area contributed by atoms with E-state index in [1.54, 1.807) is 0 Å². The second kappa shape index (κ2) is 4.84. The fourth-order valence-electron chi connectivity index (χ4n) is 2.32. The van der Waals surface area contributed by atoms with E-state index >= 15 is 0 Å². The number of amides is 2. The van der Waals surface area contributed by atoms with Crippen molar-refractivity contribution in [1.29, 1.82) is 0 Å². The second-order valence-corrected chi connectivity index (χ2v) is 4.42. The highest BCUT2D eigenvalue weighted by Crippen LogP contribution is 2.18. The van der Waals surface area contributed by atoms with Gasteiger partial charge < -0.3 is 14.5 Å². The van der Waals surface area contributed by atoms with Crippen LogP contribution in [-0.4, -0.2) is 54.7 Å². The maximum atomic E-state index is 12.2. The number of ether oxygens (including phenoxy) is 1. The Hall–Kier alpha value is -0.770. The van der Waals surface area contributed by atoms with Gasteiger partial charge in [-0.25, -0.2) is 4.79 Å². The highest BCUT2D eigenvalue weighted by atomic mass is 16.5. The number of morpholine rings is 1. The molecule has 2 fully saturated rings. The maximum Gasteiger partial charge on any atom is 0.320 e. The van der Waals surface area contributed by atoms with Crippen molar-refractivity contribution in [3.8, 4) is 0 Å². The van der Waals surface area contributed by atoms with Gasteiger partial charge in [-0.05, 0) is 26.2 Å². The summed E-state index contributed by atoms with van der Waals surface area (Å²) in [5.41, 5.74) is 0. The van der Waals surface area contributed by atoms with E-state index in [1.807, 2.05) is 9.80 Å². The van der Waals surface area contributed by atoms with Crippen LogP contribution in [0.5, 0.6) is 0 Å². The molecular formula is C11H20N2O2. The van der Waals surface area contributed by atoms with Gasteiger partial charge in [0, 0.05) is 25.7 Å². The predicted octanol–water partition coefficient (Wildman–Crippen LogP) is 1.31. The van der Waals surface area contributed by atoms with Crippen LogP contribution in [0.3, 0.4) is 0 Å². The van der Waals surface area contributed by atoms with Gasteiger partial charge >= 0.3 is 6.03 Å². The monoisotopic (exact) mass is 212 g/mol. The van der Waals surface area contributed by atoms with Crippen LogP contribution < -0.4 is 0 Å². The summed E-state index contributed by atoms with van der Waals surface area (Å²) in [4.78, 5) is 16.1. The van der Waals surface area contributed by atoms with Crippen LogP contribution in [0.15, 0.2) is 0 Å². The molecule has 2 aliphatic heterocycles. The van der Waals surface area contributed by atoms with E-state index in [1.165, 1.54) is 6.42 Å². The van der Waals surface area contributed by atoms with Crippen molar-refractivity contribution in [2.24, 2.45) is 0 Å². The Labute approximate surface area is 91.2 Å². The number of likely N-dealkylation sites (tertiary alicyclic amines) is 1. The van der Waals surface area contributed by atoms with E-state index < -0.39 is 0 Å². The third-order valence-electron chi connectivity index (χ3n) is 3.33. The van der Waals surface area contributed by atoms with Gasteiger partial charge in [0.05, 0.1) is 13.2 Å². The quantitative estimate of drug-likeness (QED) is 0.606. The summed E-state index contributed by atoms with van der Waals surface area (Å²) in [5.74, 6) is 0. The van der Waals surface area contributed by atoms with Gasteiger partial charge in [0.2, 0.25) is 0 Å². The van der Waals surface area contributed by atoms with Crippen molar-refractivity contribution in [1.82, 2.24) is 9.80 Å². The predicted molar refractivity (Wildman–Crippen MR) is 57.8 cm³/mol. The Bertz CT molecular complexity index is 227. The van der Waals surface area contributed by atoms with Crippen molar-refractivity contribution in [2.45, 2.75) is 32.2 Å². The zero-order valence-electron chi connectivity index (χ0n) is 9.45. The van der Waals surface area contributed by atoms with Crippen LogP contribution in [0, 0.1) is 0 Å². The topological polar surface area (TPSA) is 32.8 Å². The first-order chi connectivity index (χ1) is 7.29. The molecule has 0 aliphatic carbocycles. The summed E-state index contributed by atoms with van der Waals surface area (Å²) in [7, 11) is 0. The summed E-state index contributed by atoms with van der Waals surface area (Å²) < 4.78 is 5.25. The lowest BCUT2D eigenvalue weighted by atomic mass is 10.0. The molecule has 1 atom stereocenters. The Balaban J connectivity index is 1.92. The molecule has 86 valence electrons. The lowest BCUT2D eigenvalue weighted by Gasteiger charge is -2.38. The van der Waals surface area contributed by atoms with Gasteiger partial charge in [0.25, 0.3) is 0 Å². The number of hydrogen-bond acceptors (Lipinski definition) is 2. The highest BCUT2D eigenvalue weighted by molar-refractivity contribution is 5.75. The standard InChI is InChI=1S/C11H20N2O2/c1-10-4-2-3-5-13(10)11(14)12-6-8-15-9-7-12/h10H,2-9H2,1H3/t10-/m1/s1. The first kappa shape index (κ1) is 10.7. The van der Waals surface area contributed by atoms with E-state index in [0.29, 0.717) is 19.3 Å². The van der Waals surface area contributed by atoms with Crippen molar-refractivity contribution in [3.05, 3.63) is 0 Å². The second-order valence-electron chi connectivity index (χ2n) is 4.42. The minimum absolute atomic E-state index is 0.213. The molecule has 0 spiro atoms. The molecule has 0 N–H and O–H groups in total. The van der Waals surface area contributed by atoms with Crippen LogP contribution in [0.2, 0.25) is 0 Å². The summed E-state index contributed by atoms with van der Waals surface area (Å²) in [6, 6.07) is 0.625. The maximum absolute atomic E-state index is 12.2. The number of carbonyl (C=O) groups is 1. The molecule has 2 rings (SSSR count). The van der Waals surface area contributed by atoms with Crippen LogP contribution in [0.4, 0.5) is 4.79 Å². The molecule has 2 heterocycles. The molecule has 2 amide bonds. The number of rotatable bonds is 0. The molecule has 0 bridgehead atoms. The molecule has 15 heavy (non-hydrogen) atoms. The zero-order chi connectivity index (χ0) is 10.7. The Kier molecular flexibility index (Phi) is 3.46. The normalized spacial score (nSPS) is 27.9. The smallest absolute Gasteiger partial charge is 0.320 e. The van der Waals surface area contributed by atoms with E-state index in [4.69, 9.17) is 4.74 Å². The van der Waals surface area contributed by atoms with Gasteiger partial charge in [0.15, 0.2) is 0 Å². The molecule has 4 nitrogen and oxygen atoms in total. The number of nitrogens with zero attached hydrogens (tertiary/aromatic N) is 2. The Morgan fingerprint density at radius 3 is 2.60 bits per heavy atom.